The van der Waals surface area contributed by atoms with Crippen molar-refractivity contribution in [3.05, 3.63) is 215 Å². The van der Waals surface area contributed by atoms with Crippen molar-refractivity contribution in [2.75, 3.05) is 13.2 Å². The van der Waals surface area contributed by atoms with E-state index in [0.29, 0.717) is 0 Å². The average molecular weight is 637 g/mol. The molecule has 6 rings (SSSR count). The van der Waals surface area contributed by atoms with E-state index in [1.165, 1.54) is 0 Å². The number of hydrogen-bond donors (Lipinski definition) is 3. The number of benzene rings is 6. The second-order valence-electron chi connectivity index (χ2n) is 11.8. The van der Waals surface area contributed by atoms with Crippen LogP contribution in [-0.2, 0) is 20.7 Å². The average Bonchev–Trinajstić information content (AvgIpc) is 3.17. The fourth-order valence-electron chi connectivity index (χ4n) is 6.41. The first-order chi connectivity index (χ1) is 23.6. The van der Waals surface area contributed by atoms with Gasteiger partial charge in [0.2, 0.25) is 0 Å². The Balaban J connectivity index is 1.28. The van der Waals surface area contributed by atoms with Crippen LogP contribution in [0.1, 0.15) is 33.4 Å². The lowest BCUT2D eigenvalue weighted by atomic mass is 9.80. The Hall–Kier alpha value is -4.88. The maximum Gasteiger partial charge on any atom is 0.143 e. The van der Waals surface area contributed by atoms with Crippen LogP contribution in [-0.4, -0.2) is 46.8 Å². The van der Waals surface area contributed by atoms with Gasteiger partial charge in [0.15, 0.2) is 0 Å². The standard InChI is InChI=1S/C43H40O5/c44-39(31-47-42(33-19-7-1-8-20-33,34-21-9-2-10-22-34)35-23-11-3-12-24-35)41(46)40(45)32-48-43(36-25-13-4-14-26-36,37-27-15-5-16-28-37)38-29-17-6-18-30-38/h1-30,39-41,44-46H,31-32H2/t39-,40?,41?/m0/s1. The van der Waals surface area contributed by atoms with Gasteiger partial charge in [-0.25, -0.2) is 0 Å². The van der Waals surface area contributed by atoms with Crippen molar-refractivity contribution >= 4 is 0 Å². The summed E-state index contributed by atoms with van der Waals surface area (Å²) in [5, 5.41) is 34.1. The number of hydrogen-bond acceptors (Lipinski definition) is 5. The smallest absolute Gasteiger partial charge is 0.143 e. The van der Waals surface area contributed by atoms with E-state index in [9.17, 15) is 15.3 Å². The predicted octanol–water partition coefficient (Wildman–Crippen LogP) is 7.09. The fraction of sp³-hybridized carbons (Fsp3) is 0.163. The molecule has 0 bridgehead atoms. The van der Waals surface area contributed by atoms with Gasteiger partial charge < -0.3 is 24.8 Å². The second kappa shape index (κ2) is 15.3. The minimum absolute atomic E-state index is 0.266. The highest BCUT2D eigenvalue weighted by Gasteiger charge is 2.41. The van der Waals surface area contributed by atoms with Crippen molar-refractivity contribution in [1.29, 1.82) is 0 Å². The van der Waals surface area contributed by atoms with E-state index in [0.717, 1.165) is 33.4 Å². The molecule has 48 heavy (non-hydrogen) atoms. The molecule has 6 aromatic carbocycles. The molecule has 3 atom stereocenters. The number of rotatable bonds is 14. The van der Waals surface area contributed by atoms with Crippen LogP contribution in [0.25, 0.3) is 0 Å². The molecule has 5 nitrogen and oxygen atoms in total. The molecule has 0 saturated carbocycles. The van der Waals surface area contributed by atoms with E-state index in [4.69, 9.17) is 9.47 Å². The van der Waals surface area contributed by atoms with Crippen LogP contribution in [0, 0.1) is 0 Å². The molecule has 0 heterocycles. The molecule has 0 aliphatic carbocycles. The van der Waals surface area contributed by atoms with Gasteiger partial charge in [0, 0.05) is 0 Å². The Kier molecular flexibility index (Phi) is 10.6. The Morgan fingerprint density at radius 2 is 0.521 bits per heavy atom. The maximum atomic E-state index is 11.4. The molecule has 0 aromatic heterocycles. The molecular formula is C43H40O5. The van der Waals surface area contributed by atoms with Crippen molar-refractivity contribution in [3.63, 3.8) is 0 Å². The van der Waals surface area contributed by atoms with Crippen LogP contribution in [0.2, 0.25) is 0 Å². The van der Waals surface area contributed by atoms with E-state index in [1.807, 2.05) is 182 Å². The van der Waals surface area contributed by atoms with Gasteiger partial charge in [-0.15, -0.1) is 0 Å². The molecule has 0 aliphatic rings. The molecule has 0 aliphatic heterocycles. The lowest BCUT2D eigenvalue weighted by molar-refractivity contribution is -0.135. The Morgan fingerprint density at radius 3 is 0.708 bits per heavy atom. The third kappa shape index (κ3) is 6.74. The van der Waals surface area contributed by atoms with E-state index in [1.54, 1.807) is 0 Å². The van der Waals surface area contributed by atoms with Gasteiger partial charge in [0.1, 0.15) is 29.5 Å². The van der Waals surface area contributed by atoms with Crippen molar-refractivity contribution in [2.45, 2.75) is 29.5 Å². The number of aliphatic hydroxyl groups excluding tert-OH is 3. The molecule has 242 valence electrons. The van der Waals surface area contributed by atoms with Crippen LogP contribution >= 0.6 is 0 Å². The molecule has 0 spiro atoms. The van der Waals surface area contributed by atoms with Gasteiger partial charge in [-0.1, -0.05) is 182 Å². The first-order valence-electron chi connectivity index (χ1n) is 16.2. The molecule has 0 fully saturated rings. The predicted molar refractivity (Wildman–Crippen MR) is 188 cm³/mol. The molecule has 6 aromatic rings. The summed E-state index contributed by atoms with van der Waals surface area (Å²) in [6, 6.07) is 58.9. The SMILES string of the molecule is OC(COC(c1ccccc1)(c1ccccc1)c1ccccc1)C(O)[C@@H](O)COC(c1ccccc1)(c1ccccc1)c1ccccc1. The quantitative estimate of drug-likeness (QED) is 0.111. The minimum atomic E-state index is -1.56. The lowest BCUT2D eigenvalue weighted by Crippen LogP contribution is -2.46. The van der Waals surface area contributed by atoms with Crippen molar-refractivity contribution in [1.82, 2.24) is 0 Å². The van der Waals surface area contributed by atoms with Crippen LogP contribution in [0.5, 0.6) is 0 Å². The third-order valence-corrected chi connectivity index (χ3v) is 8.81. The number of aliphatic hydroxyl groups is 3. The monoisotopic (exact) mass is 636 g/mol. The number of ether oxygens (including phenoxy) is 2. The molecule has 2 unspecified atom stereocenters. The molecule has 3 N–H and O–H groups in total. The Morgan fingerprint density at radius 1 is 0.333 bits per heavy atom. The van der Waals surface area contributed by atoms with Crippen molar-refractivity contribution < 1.29 is 24.8 Å². The lowest BCUT2D eigenvalue weighted by Gasteiger charge is -2.38. The van der Waals surface area contributed by atoms with Crippen LogP contribution in [0.3, 0.4) is 0 Å². The molecular weight excluding hydrogens is 596 g/mol. The van der Waals surface area contributed by atoms with E-state index in [2.05, 4.69) is 0 Å². The summed E-state index contributed by atoms with van der Waals surface area (Å²) >= 11 is 0. The zero-order valence-corrected chi connectivity index (χ0v) is 26.6. The van der Waals surface area contributed by atoms with Crippen LogP contribution < -0.4 is 0 Å². The highest BCUT2D eigenvalue weighted by atomic mass is 16.5. The summed E-state index contributed by atoms with van der Waals surface area (Å²) in [6.07, 6.45) is -4.43. The second-order valence-corrected chi connectivity index (χ2v) is 11.8. The summed E-state index contributed by atoms with van der Waals surface area (Å²) in [7, 11) is 0. The van der Waals surface area contributed by atoms with Gasteiger partial charge in [-0.2, -0.15) is 0 Å². The van der Waals surface area contributed by atoms with Gasteiger partial charge in [0.05, 0.1) is 13.2 Å². The highest BCUT2D eigenvalue weighted by Crippen LogP contribution is 2.42. The topological polar surface area (TPSA) is 79.2 Å². The summed E-state index contributed by atoms with van der Waals surface area (Å²) in [6.45, 7) is -0.532. The highest BCUT2D eigenvalue weighted by molar-refractivity contribution is 5.49. The van der Waals surface area contributed by atoms with Gasteiger partial charge in [0.25, 0.3) is 0 Å². The summed E-state index contributed by atoms with van der Waals surface area (Å²) < 4.78 is 13.4. The van der Waals surface area contributed by atoms with E-state index in [-0.39, 0.29) is 13.2 Å². The zero-order chi connectivity index (χ0) is 33.2. The normalized spacial score (nSPS) is 13.8. The van der Waals surface area contributed by atoms with Crippen molar-refractivity contribution in [3.8, 4) is 0 Å². The molecule has 0 saturated heterocycles. The molecule has 0 amide bonds. The van der Waals surface area contributed by atoms with Crippen LogP contribution in [0.4, 0.5) is 0 Å². The van der Waals surface area contributed by atoms with Crippen molar-refractivity contribution in [2.24, 2.45) is 0 Å². The maximum absolute atomic E-state index is 11.4. The zero-order valence-electron chi connectivity index (χ0n) is 26.6. The summed E-state index contributed by atoms with van der Waals surface area (Å²) in [5.41, 5.74) is 3.03. The minimum Gasteiger partial charge on any atom is -0.388 e. The molecule has 5 heteroatoms. The summed E-state index contributed by atoms with van der Waals surface area (Å²) in [5.74, 6) is 0. The van der Waals surface area contributed by atoms with E-state index >= 15 is 0 Å². The molecule has 0 radical (unpaired) electrons. The Bertz CT molecular complexity index is 1470. The van der Waals surface area contributed by atoms with Crippen LogP contribution in [0.15, 0.2) is 182 Å². The largest absolute Gasteiger partial charge is 0.388 e. The Labute approximate surface area is 282 Å². The summed E-state index contributed by atoms with van der Waals surface area (Å²) in [4.78, 5) is 0. The third-order valence-electron chi connectivity index (χ3n) is 8.81. The van der Waals surface area contributed by atoms with Gasteiger partial charge in [-0.05, 0) is 33.4 Å². The first kappa shape index (κ1) is 33.0. The van der Waals surface area contributed by atoms with E-state index < -0.39 is 29.5 Å². The van der Waals surface area contributed by atoms with Gasteiger partial charge in [-0.3, -0.25) is 0 Å². The fourth-order valence-corrected chi connectivity index (χ4v) is 6.41. The first-order valence-corrected chi connectivity index (χ1v) is 16.2. The van der Waals surface area contributed by atoms with Gasteiger partial charge >= 0.3 is 0 Å².